The Bertz CT molecular complexity index is 477. The number of cyclic esters (lactones) is 1. The Morgan fingerprint density at radius 1 is 1.44 bits per heavy atom. The molecule has 16 heavy (non-hydrogen) atoms. The third kappa shape index (κ3) is 1.65. The van der Waals surface area contributed by atoms with Crippen molar-refractivity contribution in [2.75, 3.05) is 0 Å². The number of carbonyl (C=O) groups is 1. The van der Waals surface area contributed by atoms with Gasteiger partial charge in [-0.1, -0.05) is 12.1 Å². The molecule has 0 saturated heterocycles. The minimum absolute atomic E-state index is 0.228. The fourth-order valence-corrected chi connectivity index (χ4v) is 1.57. The van der Waals surface area contributed by atoms with E-state index in [1.807, 2.05) is 0 Å². The van der Waals surface area contributed by atoms with Gasteiger partial charge < -0.3 is 14.9 Å². The molecular weight excluding hydrogens is 210 g/mol. The molecule has 0 radical (unpaired) electrons. The molecule has 0 aromatic heterocycles. The Labute approximate surface area is 91.5 Å². The van der Waals surface area contributed by atoms with Crippen LogP contribution in [0.15, 0.2) is 18.2 Å². The van der Waals surface area contributed by atoms with Crippen molar-refractivity contribution in [3.05, 3.63) is 34.9 Å². The maximum absolute atomic E-state index is 11.2. The van der Waals surface area contributed by atoms with Gasteiger partial charge in [-0.2, -0.15) is 5.26 Å². The SMILES string of the molecule is N#CC(O)C(O)c1ccc2c(c1)C(=O)OC2. The van der Waals surface area contributed by atoms with Crippen LogP contribution < -0.4 is 0 Å². The number of nitrogens with zero attached hydrogens (tertiary/aromatic N) is 1. The van der Waals surface area contributed by atoms with E-state index in [1.54, 1.807) is 12.1 Å². The maximum atomic E-state index is 11.2. The average Bonchev–Trinajstić information content (AvgIpc) is 2.68. The van der Waals surface area contributed by atoms with E-state index in [0.29, 0.717) is 11.1 Å². The number of ether oxygens (including phenoxy) is 1. The van der Waals surface area contributed by atoms with Gasteiger partial charge in [-0.3, -0.25) is 0 Å². The number of carbonyl (C=O) groups excluding carboxylic acids is 1. The zero-order chi connectivity index (χ0) is 11.7. The van der Waals surface area contributed by atoms with Gasteiger partial charge in [-0.25, -0.2) is 4.79 Å². The van der Waals surface area contributed by atoms with Crippen molar-refractivity contribution in [3.8, 4) is 6.07 Å². The Balaban J connectivity index is 2.35. The molecule has 82 valence electrons. The third-order valence-corrected chi connectivity index (χ3v) is 2.49. The molecule has 1 aliphatic heterocycles. The van der Waals surface area contributed by atoms with Crippen LogP contribution in [0.1, 0.15) is 27.6 Å². The van der Waals surface area contributed by atoms with E-state index in [4.69, 9.17) is 15.1 Å². The maximum Gasteiger partial charge on any atom is 0.338 e. The van der Waals surface area contributed by atoms with Crippen LogP contribution in [0, 0.1) is 11.3 Å². The highest BCUT2D eigenvalue weighted by molar-refractivity contribution is 5.93. The summed E-state index contributed by atoms with van der Waals surface area (Å²) in [6, 6.07) is 6.18. The number of rotatable bonds is 2. The van der Waals surface area contributed by atoms with Crippen molar-refractivity contribution in [1.29, 1.82) is 5.26 Å². The van der Waals surface area contributed by atoms with Gasteiger partial charge in [-0.05, 0) is 11.6 Å². The number of fused-ring (bicyclic) bond motifs is 1. The second-order valence-corrected chi connectivity index (χ2v) is 3.51. The first-order chi connectivity index (χ1) is 7.63. The lowest BCUT2D eigenvalue weighted by Crippen LogP contribution is -2.16. The van der Waals surface area contributed by atoms with Gasteiger partial charge in [0.05, 0.1) is 11.6 Å². The predicted octanol–water partition coefficient (Wildman–Crippen LogP) is 0.275. The van der Waals surface area contributed by atoms with E-state index in [0.717, 1.165) is 5.56 Å². The summed E-state index contributed by atoms with van der Waals surface area (Å²) >= 11 is 0. The minimum atomic E-state index is -1.50. The molecule has 5 heteroatoms. The van der Waals surface area contributed by atoms with Gasteiger partial charge in [0.2, 0.25) is 0 Å². The van der Waals surface area contributed by atoms with Crippen LogP contribution in [0.3, 0.4) is 0 Å². The monoisotopic (exact) mass is 219 g/mol. The van der Waals surface area contributed by atoms with Crippen LogP contribution in [0.4, 0.5) is 0 Å². The van der Waals surface area contributed by atoms with Crippen molar-refractivity contribution in [2.24, 2.45) is 0 Å². The number of esters is 1. The Hall–Kier alpha value is -1.90. The van der Waals surface area contributed by atoms with E-state index >= 15 is 0 Å². The van der Waals surface area contributed by atoms with Crippen molar-refractivity contribution in [1.82, 2.24) is 0 Å². The molecule has 1 aliphatic rings. The first kappa shape index (κ1) is 10.6. The molecule has 0 fully saturated rings. The van der Waals surface area contributed by atoms with E-state index < -0.39 is 18.2 Å². The quantitative estimate of drug-likeness (QED) is 0.550. The molecule has 0 spiro atoms. The molecule has 2 atom stereocenters. The number of aliphatic hydroxyl groups is 2. The Morgan fingerprint density at radius 2 is 2.19 bits per heavy atom. The topological polar surface area (TPSA) is 90.5 Å². The summed E-state index contributed by atoms with van der Waals surface area (Å²) in [6.45, 7) is 0.228. The summed E-state index contributed by atoms with van der Waals surface area (Å²) in [7, 11) is 0. The molecule has 2 unspecified atom stereocenters. The second kappa shape index (κ2) is 3.93. The highest BCUT2D eigenvalue weighted by atomic mass is 16.5. The van der Waals surface area contributed by atoms with E-state index in [9.17, 15) is 9.90 Å². The van der Waals surface area contributed by atoms with Crippen LogP contribution in [0.5, 0.6) is 0 Å². The lowest BCUT2D eigenvalue weighted by Gasteiger charge is -2.12. The van der Waals surface area contributed by atoms with Crippen LogP contribution in [0.2, 0.25) is 0 Å². The summed E-state index contributed by atoms with van der Waals surface area (Å²) in [6.07, 6.45) is -2.82. The molecule has 5 nitrogen and oxygen atoms in total. The highest BCUT2D eigenvalue weighted by Gasteiger charge is 2.24. The number of hydrogen-bond donors (Lipinski definition) is 2. The molecule has 1 aromatic rings. The molecular formula is C11H9NO4. The van der Waals surface area contributed by atoms with Gasteiger partial charge in [0.1, 0.15) is 12.7 Å². The van der Waals surface area contributed by atoms with Crippen LogP contribution >= 0.6 is 0 Å². The fourth-order valence-electron chi connectivity index (χ4n) is 1.57. The van der Waals surface area contributed by atoms with Gasteiger partial charge in [0.15, 0.2) is 6.10 Å². The summed E-state index contributed by atoms with van der Waals surface area (Å²) in [5, 5.41) is 27.2. The molecule has 1 heterocycles. The third-order valence-electron chi connectivity index (χ3n) is 2.49. The summed E-state index contributed by atoms with van der Waals surface area (Å²) < 4.78 is 4.80. The predicted molar refractivity (Wildman–Crippen MR) is 52.1 cm³/mol. The van der Waals surface area contributed by atoms with Crippen LogP contribution in [-0.4, -0.2) is 22.3 Å². The second-order valence-electron chi connectivity index (χ2n) is 3.51. The average molecular weight is 219 g/mol. The van der Waals surface area contributed by atoms with Gasteiger partial charge >= 0.3 is 5.97 Å². The highest BCUT2D eigenvalue weighted by Crippen LogP contribution is 2.25. The van der Waals surface area contributed by atoms with E-state index in [-0.39, 0.29) is 6.61 Å². The molecule has 2 rings (SSSR count). The lowest BCUT2D eigenvalue weighted by atomic mass is 10.00. The lowest BCUT2D eigenvalue weighted by molar-refractivity contribution is 0.0517. The summed E-state index contributed by atoms with van der Waals surface area (Å²) in [5.41, 5.74) is 1.45. The Kier molecular flexibility index (Phi) is 2.60. The molecule has 0 aliphatic carbocycles. The van der Waals surface area contributed by atoms with E-state index in [2.05, 4.69) is 0 Å². The first-order valence-corrected chi connectivity index (χ1v) is 4.69. The van der Waals surface area contributed by atoms with Crippen LogP contribution in [-0.2, 0) is 11.3 Å². The largest absolute Gasteiger partial charge is 0.457 e. The molecule has 0 saturated carbocycles. The van der Waals surface area contributed by atoms with Crippen molar-refractivity contribution < 1.29 is 19.7 Å². The number of hydrogen-bond acceptors (Lipinski definition) is 5. The smallest absolute Gasteiger partial charge is 0.338 e. The normalized spacial score (nSPS) is 17.2. The Morgan fingerprint density at radius 3 is 2.88 bits per heavy atom. The number of nitriles is 1. The van der Waals surface area contributed by atoms with Crippen molar-refractivity contribution in [3.63, 3.8) is 0 Å². The zero-order valence-corrected chi connectivity index (χ0v) is 8.25. The minimum Gasteiger partial charge on any atom is -0.457 e. The zero-order valence-electron chi connectivity index (χ0n) is 8.25. The van der Waals surface area contributed by atoms with Gasteiger partial charge in [0.25, 0.3) is 0 Å². The first-order valence-electron chi connectivity index (χ1n) is 4.69. The fraction of sp³-hybridized carbons (Fsp3) is 0.273. The summed E-state index contributed by atoms with van der Waals surface area (Å²) in [4.78, 5) is 11.2. The van der Waals surface area contributed by atoms with Crippen molar-refractivity contribution >= 4 is 5.97 Å². The molecule has 0 amide bonds. The summed E-state index contributed by atoms with van der Waals surface area (Å²) in [5.74, 6) is -0.449. The van der Waals surface area contributed by atoms with Crippen molar-refractivity contribution in [2.45, 2.75) is 18.8 Å². The van der Waals surface area contributed by atoms with Crippen LogP contribution in [0.25, 0.3) is 0 Å². The molecule has 1 aromatic carbocycles. The number of benzene rings is 1. The van der Waals surface area contributed by atoms with Gasteiger partial charge in [-0.15, -0.1) is 0 Å². The molecule has 2 N–H and O–H groups in total. The van der Waals surface area contributed by atoms with E-state index in [1.165, 1.54) is 12.1 Å². The standard InChI is InChI=1S/C11H9NO4/c12-4-9(13)10(14)6-1-2-7-5-16-11(15)8(7)3-6/h1-3,9-10,13-14H,5H2. The molecule has 0 bridgehead atoms. The number of aliphatic hydroxyl groups excluding tert-OH is 2. The van der Waals surface area contributed by atoms with Gasteiger partial charge in [0, 0.05) is 5.56 Å².